The Kier molecular flexibility index (Phi) is 11.0. The highest BCUT2D eigenvalue weighted by Crippen LogP contribution is 2.43. The summed E-state index contributed by atoms with van der Waals surface area (Å²) in [4.78, 5) is 77.1. The minimum Gasteiger partial charge on any atom is -0.501 e. The Hall–Kier alpha value is -2.94. The molecule has 228 valence electrons. The summed E-state index contributed by atoms with van der Waals surface area (Å²) in [6.45, 7) is 5.42. The minimum absolute atomic E-state index is 0.0178. The first-order valence-electron chi connectivity index (χ1n) is 13.5. The molecule has 2 saturated heterocycles. The average Bonchev–Trinajstić information content (AvgIpc) is 3.66. The number of carboxylic acid groups (broad SMARTS) is 2. The van der Waals surface area contributed by atoms with Crippen LogP contribution < -0.4 is 0 Å². The summed E-state index contributed by atoms with van der Waals surface area (Å²) < 4.78 is 10.6. The molecule has 41 heavy (non-hydrogen) atoms. The second-order valence-corrected chi connectivity index (χ2v) is 12.4. The Labute approximate surface area is 246 Å². The summed E-state index contributed by atoms with van der Waals surface area (Å²) in [6.07, 6.45) is 1.89. The summed E-state index contributed by atoms with van der Waals surface area (Å²) in [5.74, 6) is -7.02. The molecule has 0 aromatic heterocycles. The third-order valence-electron chi connectivity index (χ3n) is 7.28. The summed E-state index contributed by atoms with van der Waals surface area (Å²) >= 11 is 1.99. The van der Waals surface area contributed by atoms with Crippen LogP contribution in [0.25, 0.3) is 0 Å². The van der Waals surface area contributed by atoms with Crippen LogP contribution in [0.3, 0.4) is 0 Å². The van der Waals surface area contributed by atoms with E-state index in [1.54, 1.807) is 20.8 Å². The van der Waals surface area contributed by atoms with E-state index in [2.05, 4.69) is 0 Å². The Bertz CT molecular complexity index is 1110. The predicted molar refractivity (Wildman–Crippen MR) is 148 cm³/mol. The van der Waals surface area contributed by atoms with Gasteiger partial charge in [0.25, 0.3) is 5.60 Å². The van der Waals surface area contributed by atoms with E-state index in [4.69, 9.17) is 9.47 Å². The zero-order chi connectivity index (χ0) is 30.5. The number of carbonyl (C=O) groups is 6. The van der Waals surface area contributed by atoms with E-state index in [9.17, 15) is 44.1 Å². The van der Waals surface area contributed by atoms with Crippen molar-refractivity contribution in [1.29, 1.82) is 0 Å². The van der Waals surface area contributed by atoms with Gasteiger partial charge in [0.15, 0.2) is 0 Å². The molecule has 0 spiro atoms. The average molecular weight is 617 g/mol. The van der Waals surface area contributed by atoms with Crippen LogP contribution in [0.5, 0.6) is 0 Å². The Morgan fingerprint density at radius 2 is 1.49 bits per heavy atom. The van der Waals surface area contributed by atoms with Gasteiger partial charge in [-0.1, -0.05) is 13.8 Å². The van der Waals surface area contributed by atoms with Gasteiger partial charge in [0, 0.05) is 42.2 Å². The summed E-state index contributed by atoms with van der Waals surface area (Å²) in [7, 11) is 0. The maximum atomic E-state index is 13.2. The van der Waals surface area contributed by atoms with Crippen LogP contribution in [0.15, 0.2) is 10.7 Å². The van der Waals surface area contributed by atoms with Gasteiger partial charge in [0.05, 0.1) is 11.5 Å². The third-order valence-corrected chi connectivity index (χ3v) is 10.1. The van der Waals surface area contributed by atoms with Crippen LogP contribution in [-0.4, -0.2) is 115 Å². The van der Waals surface area contributed by atoms with Gasteiger partial charge in [0.2, 0.25) is 17.6 Å². The van der Waals surface area contributed by atoms with Gasteiger partial charge in [-0.25, -0.2) is 19.2 Å². The van der Waals surface area contributed by atoms with E-state index < -0.39 is 65.1 Å². The van der Waals surface area contributed by atoms with Crippen molar-refractivity contribution in [2.75, 3.05) is 37.0 Å². The number of aliphatic hydroxyl groups is 1. The highest BCUT2D eigenvalue weighted by molar-refractivity contribution is 8.03. The molecule has 3 aliphatic heterocycles. The lowest BCUT2D eigenvalue weighted by atomic mass is 10.1. The molecule has 5 unspecified atom stereocenters. The molecule has 5 atom stereocenters. The van der Waals surface area contributed by atoms with Crippen molar-refractivity contribution in [2.45, 2.75) is 64.1 Å². The number of ether oxygens (including phenoxy) is 2. The fourth-order valence-corrected chi connectivity index (χ4v) is 7.65. The van der Waals surface area contributed by atoms with Gasteiger partial charge in [-0.2, -0.15) is 11.8 Å². The molecule has 3 aliphatic rings. The van der Waals surface area contributed by atoms with Gasteiger partial charge in [0.1, 0.15) is 12.1 Å². The van der Waals surface area contributed by atoms with Gasteiger partial charge in [-0.3, -0.25) is 9.59 Å². The molecule has 3 heterocycles. The quantitative estimate of drug-likeness (QED) is 0.253. The molecule has 0 aromatic carbocycles. The second kappa shape index (κ2) is 13.8. The summed E-state index contributed by atoms with van der Waals surface area (Å²) in [5.41, 5.74) is -2.01. The number of carboxylic acids is 2. The van der Waals surface area contributed by atoms with E-state index in [0.29, 0.717) is 38.8 Å². The van der Waals surface area contributed by atoms with Crippen LogP contribution >= 0.6 is 23.5 Å². The minimum atomic E-state index is -2.01. The first-order chi connectivity index (χ1) is 19.3. The fraction of sp³-hybridized carbons (Fsp3) is 0.692. The number of cyclic esters (lactones) is 1. The van der Waals surface area contributed by atoms with Crippen LogP contribution in [-0.2, 0) is 38.2 Å². The molecule has 0 aromatic rings. The van der Waals surface area contributed by atoms with Crippen molar-refractivity contribution < 1.29 is 53.6 Å². The zero-order valence-electron chi connectivity index (χ0n) is 23.2. The highest BCUT2D eigenvalue weighted by Gasteiger charge is 2.56. The van der Waals surface area contributed by atoms with Gasteiger partial charge in [-0.05, 0) is 32.6 Å². The first-order valence-corrected chi connectivity index (χ1v) is 15.6. The van der Waals surface area contributed by atoms with E-state index in [-0.39, 0.29) is 34.7 Å². The van der Waals surface area contributed by atoms with E-state index in [1.807, 2.05) is 0 Å². The molecule has 3 rings (SSSR count). The standard InChI is InChI=1S/C26H36N2O11S2/c1-4-38-25(37)26(13-40-11-14(2)20(30)27-9-5-7-16(27)22(32)33)19(18(29)24(36)39-26)41-12-15(3)21(31)28-10-6-8-17(28)23(34)35/h14-17,29H,4-13H2,1-3H3,(H,32,33)(H,34,35). The Balaban J connectivity index is 1.72. The van der Waals surface area contributed by atoms with Crippen molar-refractivity contribution in [3.05, 3.63) is 10.7 Å². The maximum absolute atomic E-state index is 13.2. The topological polar surface area (TPSA) is 188 Å². The molecule has 3 N–H and O–H groups in total. The normalized spacial score (nSPS) is 25.7. The highest BCUT2D eigenvalue weighted by atomic mass is 32.2. The van der Waals surface area contributed by atoms with E-state index >= 15 is 0 Å². The smallest absolute Gasteiger partial charge is 0.375 e. The Morgan fingerprint density at radius 3 is 1.98 bits per heavy atom. The molecule has 13 nitrogen and oxygen atoms in total. The van der Waals surface area contributed by atoms with Crippen LogP contribution in [0.4, 0.5) is 0 Å². The number of amides is 2. The predicted octanol–water partition coefficient (Wildman–Crippen LogP) is 1.50. The molecule has 0 radical (unpaired) electrons. The van der Waals surface area contributed by atoms with Crippen molar-refractivity contribution in [1.82, 2.24) is 9.80 Å². The molecule has 15 heteroatoms. The number of hydrogen-bond donors (Lipinski definition) is 3. The largest absolute Gasteiger partial charge is 0.501 e. The number of aliphatic carboxylic acids is 2. The number of nitrogens with zero attached hydrogens (tertiary/aromatic N) is 2. The van der Waals surface area contributed by atoms with Crippen molar-refractivity contribution >= 4 is 59.2 Å². The van der Waals surface area contributed by atoms with E-state index in [0.717, 1.165) is 23.5 Å². The monoisotopic (exact) mass is 616 g/mol. The van der Waals surface area contributed by atoms with Gasteiger partial charge in [-0.15, -0.1) is 11.8 Å². The van der Waals surface area contributed by atoms with Crippen LogP contribution in [0.2, 0.25) is 0 Å². The van der Waals surface area contributed by atoms with E-state index in [1.165, 1.54) is 9.80 Å². The lowest BCUT2D eigenvalue weighted by molar-refractivity contribution is -0.169. The molecular weight excluding hydrogens is 580 g/mol. The lowest BCUT2D eigenvalue weighted by Crippen LogP contribution is -2.46. The molecular formula is C26H36N2O11S2. The summed E-state index contributed by atoms with van der Waals surface area (Å²) in [5, 5.41) is 29.4. The number of thioether (sulfide) groups is 2. The van der Waals surface area contributed by atoms with Crippen molar-refractivity contribution in [3.8, 4) is 0 Å². The molecule has 0 bridgehead atoms. The number of aliphatic hydroxyl groups excluding tert-OH is 1. The second-order valence-electron chi connectivity index (χ2n) is 10.3. The third kappa shape index (κ3) is 6.93. The first kappa shape index (κ1) is 32.6. The number of carbonyl (C=O) groups excluding carboxylic acids is 4. The molecule has 0 aliphatic carbocycles. The fourth-order valence-electron chi connectivity index (χ4n) is 5.13. The molecule has 2 fully saturated rings. The lowest BCUT2D eigenvalue weighted by Gasteiger charge is -2.29. The van der Waals surface area contributed by atoms with Gasteiger partial charge >= 0.3 is 23.9 Å². The number of esters is 2. The number of likely N-dealkylation sites (tertiary alicyclic amines) is 2. The molecule has 0 saturated carbocycles. The number of rotatable bonds is 13. The van der Waals surface area contributed by atoms with Crippen LogP contribution in [0.1, 0.15) is 46.5 Å². The molecule has 2 amide bonds. The van der Waals surface area contributed by atoms with Gasteiger partial charge < -0.3 is 34.6 Å². The van der Waals surface area contributed by atoms with Crippen molar-refractivity contribution in [3.63, 3.8) is 0 Å². The Morgan fingerprint density at radius 1 is 0.976 bits per heavy atom. The maximum Gasteiger partial charge on any atom is 0.375 e. The SMILES string of the molecule is CCOC(=O)C1(CSCC(C)C(=O)N2CCCC2C(=O)O)OC(=O)C(O)=C1SCC(C)C(=O)N1CCCC1C(=O)O. The summed E-state index contributed by atoms with van der Waals surface area (Å²) in [6, 6.07) is -1.79. The van der Waals surface area contributed by atoms with Crippen LogP contribution in [0, 0.1) is 11.8 Å². The van der Waals surface area contributed by atoms with Crippen molar-refractivity contribution in [2.24, 2.45) is 11.8 Å². The number of hydrogen-bond acceptors (Lipinski definition) is 11. The zero-order valence-corrected chi connectivity index (χ0v) is 24.8.